The van der Waals surface area contributed by atoms with E-state index in [0.29, 0.717) is 6.61 Å². The van der Waals surface area contributed by atoms with Gasteiger partial charge in [0.15, 0.2) is 0 Å². The molecule has 1 aliphatic rings. The number of anilines is 1. The zero-order chi connectivity index (χ0) is 21.0. The zero-order valence-corrected chi connectivity index (χ0v) is 17.3. The molecule has 1 amide bonds. The molecular weight excluding hydrogens is 379 g/mol. The largest absolute Gasteiger partial charge is 0.491 e. The first-order chi connectivity index (χ1) is 14.6. The van der Waals surface area contributed by atoms with Crippen molar-refractivity contribution in [1.29, 1.82) is 0 Å². The summed E-state index contributed by atoms with van der Waals surface area (Å²) in [4.78, 5) is 18.0. The number of halogens is 1. The number of carbonyl (C=O) groups excluding carboxylic acids is 1. The van der Waals surface area contributed by atoms with Crippen molar-refractivity contribution in [2.24, 2.45) is 0 Å². The topological polar surface area (TPSA) is 51.2 Å². The van der Waals surface area contributed by atoms with Crippen LogP contribution in [-0.4, -0.2) is 17.5 Å². The highest BCUT2D eigenvalue weighted by Crippen LogP contribution is 2.42. The zero-order valence-electron chi connectivity index (χ0n) is 17.3. The number of nitrogens with one attached hydrogen (secondary N) is 1. The minimum atomic E-state index is -0.626. The van der Waals surface area contributed by atoms with Crippen LogP contribution in [0.15, 0.2) is 54.7 Å². The quantitative estimate of drug-likeness (QED) is 0.489. The van der Waals surface area contributed by atoms with Crippen LogP contribution < -0.4 is 10.1 Å². The lowest BCUT2D eigenvalue weighted by Gasteiger charge is -2.28. The van der Waals surface area contributed by atoms with Crippen LogP contribution in [0.5, 0.6) is 5.75 Å². The van der Waals surface area contributed by atoms with Gasteiger partial charge in [0.1, 0.15) is 17.1 Å². The van der Waals surface area contributed by atoms with E-state index in [2.05, 4.69) is 17.2 Å². The Morgan fingerprint density at radius 2 is 1.90 bits per heavy atom. The fraction of sp³-hybridized carbons (Fsp3) is 0.360. The van der Waals surface area contributed by atoms with Crippen LogP contribution in [0.2, 0.25) is 0 Å². The number of aromatic nitrogens is 1. The number of amides is 1. The average molecular weight is 407 g/mol. The Morgan fingerprint density at radius 3 is 2.63 bits per heavy atom. The Morgan fingerprint density at radius 1 is 1.13 bits per heavy atom. The Labute approximate surface area is 176 Å². The predicted octanol–water partition coefficient (Wildman–Crippen LogP) is 6.00. The second kappa shape index (κ2) is 8.82. The van der Waals surface area contributed by atoms with Crippen LogP contribution in [0.1, 0.15) is 51.0 Å². The Bertz CT molecular complexity index is 1030. The highest BCUT2D eigenvalue weighted by molar-refractivity contribution is 6.06. The summed E-state index contributed by atoms with van der Waals surface area (Å²) in [6, 6.07) is 13.9. The molecule has 4 nitrogen and oxygen atoms in total. The number of pyridine rings is 1. The molecular formula is C25H27FN2O2. The van der Waals surface area contributed by atoms with E-state index in [4.69, 9.17) is 4.74 Å². The molecule has 0 saturated heterocycles. The summed E-state index contributed by atoms with van der Waals surface area (Å²) in [5, 5.41) is 4.00. The van der Waals surface area contributed by atoms with Gasteiger partial charge in [-0.2, -0.15) is 0 Å². The molecule has 0 bridgehead atoms. The molecule has 1 N–H and O–H groups in total. The number of nitrogens with zero attached hydrogens (tertiary/aromatic N) is 1. The molecule has 1 fully saturated rings. The summed E-state index contributed by atoms with van der Waals surface area (Å²) in [5.41, 5.74) is 1.72. The van der Waals surface area contributed by atoms with Crippen LogP contribution in [-0.2, 0) is 10.2 Å². The fourth-order valence-electron chi connectivity index (χ4n) is 4.33. The van der Waals surface area contributed by atoms with E-state index in [1.54, 1.807) is 18.3 Å². The smallest absolute Gasteiger partial charge is 0.235 e. The standard InChI is InChI=1S/C25H27FN2O2/c1-2-3-17-30-22-13-12-21(20-7-6-16-27-23(20)22)28-24(29)25(14-4-5-15-25)18-8-10-19(26)11-9-18/h6-13,16H,2-5,14-15,17H2,1H3,(H,28,29). The fourth-order valence-corrected chi connectivity index (χ4v) is 4.33. The molecule has 3 aromatic rings. The second-order valence-electron chi connectivity index (χ2n) is 7.96. The minimum Gasteiger partial charge on any atom is -0.491 e. The van der Waals surface area contributed by atoms with Crippen molar-refractivity contribution in [3.63, 3.8) is 0 Å². The van der Waals surface area contributed by atoms with Crippen LogP contribution in [0, 0.1) is 5.82 Å². The molecule has 0 radical (unpaired) electrons. The molecule has 156 valence electrons. The highest BCUT2D eigenvalue weighted by atomic mass is 19.1. The third-order valence-corrected chi connectivity index (χ3v) is 6.02. The van der Waals surface area contributed by atoms with Crippen molar-refractivity contribution in [2.75, 3.05) is 11.9 Å². The van der Waals surface area contributed by atoms with Gasteiger partial charge in [-0.25, -0.2) is 4.39 Å². The molecule has 30 heavy (non-hydrogen) atoms. The Hall–Kier alpha value is -2.95. The summed E-state index contributed by atoms with van der Waals surface area (Å²) in [6.45, 7) is 2.76. The van der Waals surface area contributed by atoms with Crippen molar-refractivity contribution in [3.05, 3.63) is 66.1 Å². The van der Waals surface area contributed by atoms with Crippen molar-refractivity contribution in [1.82, 2.24) is 4.98 Å². The Balaban J connectivity index is 1.65. The first kappa shape index (κ1) is 20.3. The van der Waals surface area contributed by atoms with Gasteiger partial charge in [0.2, 0.25) is 5.91 Å². The summed E-state index contributed by atoms with van der Waals surface area (Å²) >= 11 is 0. The molecule has 0 aliphatic heterocycles. The maximum atomic E-state index is 13.5. The van der Waals surface area contributed by atoms with Crippen molar-refractivity contribution in [3.8, 4) is 5.75 Å². The highest BCUT2D eigenvalue weighted by Gasteiger charge is 2.42. The van der Waals surface area contributed by atoms with E-state index >= 15 is 0 Å². The van der Waals surface area contributed by atoms with E-state index in [-0.39, 0.29) is 11.7 Å². The van der Waals surface area contributed by atoms with Crippen LogP contribution >= 0.6 is 0 Å². The minimum absolute atomic E-state index is 0.0450. The van der Waals surface area contributed by atoms with Crippen molar-refractivity contribution >= 4 is 22.5 Å². The van der Waals surface area contributed by atoms with Gasteiger partial charge in [0, 0.05) is 11.6 Å². The van der Waals surface area contributed by atoms with Gasteiger partial charge >= 0.3 is 0 Å². The summed E-state index contributed by atoms with van der Waals surface area (Å²) < 4.78 is 19.4. The van der Waals surface area contributed by atoms with Crippen molar-refractivity contribution in [2.45, 2.75) is 50.9 Å². The van der Waals surface area contributed by atoms with E-state index in [1.807, 2.05) is 24.3 Å². The van der Waals surface area contributed by atoms with Crippen LogP contribution in [0.3, 0.4) is 0 Å². The number of fused-ring (bicyclic) bond motifs is 1. The number of rotatable bonds is 7. The molecule has 1 saturated carbocycles. The first-order valence-corrected chi connectivity index (χ1v) is 10.7. The lowest BCUT2D eigenvalue weighted by atomic mass is 9.78. The van der Waals surface area contributed by atoms with Gasteiger partial charge in [-0.15, -0.1) is 0 Å². The second-order valence-corrected chi connectivity index (χ2v) is 7.96. The van der Waals surface area contributed by atoms with E-state index < -0.39 is 5.41 Å². The third kappa shape index (κ3) is 3.89. The predicted molar refractivity (Wildman–Crippen MR) is 117 cm³/mol. The van der Waals surface area contributed by atoms with Crippen LogP contribution in [0.4, 0.5) is 10.1 Å². The molecule has 1 aliphatic carbocycles. The van der Waals surface area contributed by atoms with E-state index in [9.17, 15) is 9.18 Å². The number of benzene rings is 2. The normalized spacial score (nSPS) is 15.3. The molecule has 2 aromatic carbocycles. The summed E-state index contributed by atoms with van der Waals surface area (Å²) in [5.74, 6) is 0.394. The summed E-state index contributed by atoms with van der Waals surface area (Å²) in [6.07, 6.45) is 7.27. The number of carbonyl (C=O) groups is 1. The SMILES string of the molecule is CCCCOc1ccc(NC(=O)C2(c3ccc(F)cc3)CCCC2)c2cccnc12. The van der Waals surface area contributed by atoms with Gasteiger partial charge < -0.3 is 10.1 Å². The van der Waals surface area contributed by atoms with Gasteiger partial charge in [0.05, 0.1) is 17.7 Å². The molecule has 1 heterocycles. The number of hydrogen-bond acceptors (Lipinski definition) is 3. The molecule has 4 rings (SSSR count). The summed E-state index contributed by atoms with van der Waals surface area (Å²) in [7, 11) is 0. The first-order valence-electron chi connectivity index (χ1n) is 10.7. The van der Waals surface area contributed by atoms with Gasteiger partial charge in [-0.1, -0.05) is 38.3 Å². The van der Waals surface area contributed by atoms with Gasteiger partial charge in [-0.3, -0.25) is 9.78 Å². The molecule has 0 atom stereocenters. The van der Waals surface area contributed by atoms with E-state index in [1.165, 1.54) is 12.1 Å². The molecule has 1 aromatic heterocycles. The van der Waals surface area contributed by atoms with Crippen LogP contribution in [0.25, 0.3) is 10.9 Å². The number of unbranched alkanes of at least 4 members (excludes halogenated alkanes) is 1. The monoisotopic (exact) mass is 406 g/mol. The van der Waals surface area contributed by atoms with Gasteiger partial charge in [0.25, 0.3) is 0 Å². The molecule has 0 unspecified atom stereocenters. The third-order valence-electron chi connectivity index (χ3n) is 6.02. The maximum absolute atomic E-state index is 13.5. The van der Waals surface area contributed by atoms with Crippen molar-refractivity contribution < 1.29 is 13.9 Å². The van der Waals surface area contributed by atoms with Gasteiger partial charge in [-0.05, 0) is 61.2 Å². The number of ether oxygens (including phenoxy) is 1. The maximum Gasteiger partial charge on any atom is 0.235 e. The Kier molecular flexibility index (Phi) is 5.98. The number of hydrogen-bond donors (Lipinski definition) is 1. The van der Waals surface area contributed by atoms with E-state index in [0.717, 1.165) is 66.4 Å². The lowest BCUT2D eigenvalue weighted by Crippen LogP contribution is -2.38. The molecule has 0 spiro atoms. The lowest BCUT2D eigenvalue weighted by molar-refractivity contribution is -0.121. The average Bonchev–Trinajstić information content (AvgIpc) is 3.27. The molecule has 5 heteroatoms.